The van der Waals surface area contributed by atoms with Crippen LogP contribution < -0.4 is 0 Å². The standard InChI is InChI=1S/C8H16O5S/c1-4-7(5-14(10,11)12)13-8(9)6(2)3/h6-7H,4-5H2,1-3H3,(H,10,11,12). The lowest BCUT2D eigenvalue weighted by Gasteiger charge is -2.15. The largest absolute Gasteiger partial charge is 0.461 e. The lowest BCUT2D eigenvalue weighted by molar-refractivity contribution is -0.151. The molecule has 0 aliphatic heterocycles. The van der Waals surface area contributed by atoms with Crippen LogP contribution in [0, 0.1) is 5.92 Å². The van der Waals surface area contributed by atoms with Crippen molar-refractivity contribution in [2.24, 2.45) is 5.92 Å². The number of rotatable bonds is 5. The van der Waals surface area contributed by atoms with Crippen LogP contribution >= 0.6 is 0 Å². The maximum atomic E-state index is 11.1. The molecule has 84 valence electrons. The Bertz CT molecular complexity index is 280. The molecule has 0 aliphatic rings. The predicted molar refractivity (Wildman–Crippen MR) is 51.4 cm³/mol. The molecule has 0 rings (SSSR count). The Kier molecular flexibility index (Phi) is 5.07. The van der Waals surface area contributed by atoms with Gasteiger partial charge in [0.25, 0.3) is 10.1 Å². The third kappa shape index (κ3) is 5.93. The van der Waals surface area contributed by atoms with Crippen LogP contribution in [0.1, 0.15) is 27.2 Å². The highest BCUT2D eigenvalue weighted by atomic mass is 32.2. The van der Waals surface area contributed by atoms with Gasteiger partial charge in [0.15, 0.2) is 0 Å². The Morgan fingerprint density at radius 2 is 1.93 bits per heavy atom. The Morgan fingerprint density at radius 1 is 1.43 bits per heavy atom. The molecule has 0 radical (unpaired) electrons. The summed E-state index contributed by atoms with van der Waals surface area (Å²) in [7, 11) is -4.08. The maximum absolute atomic E-state index is 11.1. The van der Waals surface area contributed by atoms with E-state index in [2.05, 4.69) is 0 Å². The molecule has 0 bridgehead atoms. The van der Waals surface area contributed by atoms with E-state index in [1.165, 1.54) is 0 Å². The van der Waals surface area contributed by atoms with Gasteiger partial charge in [-0.25, -0.2) is 0 Å². The SMILES string of the molecule is CCC(CS(=O)(=O)O)OC(=O)C(C)C. The zero-order chi connectivity index (χ0) is 11.4. The number of hydrogen-bond donors (Lipinski definition) is 1. The Hall–Kier alpha value is -0.620. The molecule has 0 fully saturated rings. The van der Waals surface area contributed by atoms with E-state index in [0.29, 0.717) is 6.42 Å². The van der Waals surface area contributed by atoms with Crippen LogP contribution in [-0.2, 0) is 19.6 Å². The van der Waals surface area contributed by atoms with Crippen LogP contribution in [0.2, 0.25) is 0 Å². The smallest absolute Gasteiger partial charge is 0.308 e. The van der Waals surface area contributed by atoms with Gasteiger partial charge in [-0.3, -0.25) is 9.35 Å². The molecule has 0 heterocycles. The van der Waals surface area contributed by atoms with Crippen molar-refractivity contribution >= 4 is 16.1 Å². The first kappa shape index (κ1) is 13.4. The molecule has 0 saturated carbocycles. The van der Waals surface area contributed by atoms with E-state index in [0.717, 1.165) is 0 Å². The maximum Gasteiger partial charge on any atom is 0.308 e. The molecule has 6 heteroatoms. The van der Waals surface area contributed by atoms with E-state index in [4.69, 9.17) is 9.29 Å². The fourth-order valence-electron chi connectivity index (χ4n) is 0.770. The Morgan fingerprint density at radius 3 is 2.21 bits per heavy atom. The van der Waals surface area contributed by atoms with Crippen molar-refractivity contribution < 1.29 is 22.5 Å². The second kappa shape index (κ2) is 5.31. The topological polar surface area (TPSA) is 80.7 Å². The van der Waals surface area contributed by atoms with Crippen LogP contribution in [0.25, 0.3) is 0 Å². The second-order valence-electron chi connectivity index (χ2n) is 3.37. The van der Waals surface area contributed by atoms with Crippen molar-refractivity contribution in [3.63, 3.8) is 0 Å². The van der Waals surface area contributed by atoms with Crippen molar-refractivity contribution in [3.8, 4) is 0 Å². The molecule has 1 atom stereocenters. The van der Waals surface area contributed by atoms with Crippen molar-refractivity contribution in [1.29, 1.82) is 0 Å². The summed E-state index contributed by atoms with van der Waals surface area (Å²) in [5.74, 6) is -1.30. The summed E-state index contributed by atoms with van der Waals surface area (Å²) in [5.41, 5.74) is 0. The van der Waals surface area contributed by atoms with E-state index in [1.54, 1.807) is 20.8 Å². The summed E-state index contributed by atoms with van der Waals surface area (Å²) in [5, 5.41) is 0. The van der Waals surface area contributed by atoms with E-state index >= 15 is 0 Å². The second-order valence-corrected chi connectivity index (χ2v) is 4.87. The molecule has 0 aliphatic carbocycles. The van der Waals surface area contributed by atoms with Gasteiger partial charge in [0.2, 0.25) is 0 Å². The van der Waals surface area contributed by atoms with Gasteiger partial charge in [-0.1, -0.05) is 20.8 Å². The molecule has 0 saturated heterocycles. The van der Waals surface area contributed by atoms with Crippen LogP contribution in [0.5, 0.6) is 0 Å². The summed E-state index contributed by atoms with van der Waals surface area (Å²) < 4.78 is 34.4. The van der Waals surface area contributed by atoms with Crippen LogP contribution in [-0.4, -0.2) is 30.8 Å². The van der Waals surface area contributed by atoms with E-state index in [1.807, 2.05) is 0 Å². The fraction of sp³-hybridized carbons (Fsp3) is 0.875. The number of carbonyl (C=O) groups is 1. The van der Waals surface area contributed by atoms with Crippen LogP contribution in [0.3, 0.4) is 0 Å². The van der Waals surface area contributed by atoms with E-state index < -0.39 is 27.9 Å². The predicted octanol–water partition coefficient (Wildman–Crippen LogP) is 0.852. The van der Waals surface area contributed by atoms with Gasteiger partial charge in [-0.05, 0) is 6.42 Å². The zero-order valence-electron chi connectivity index (χ0n) is 8.56. The highest BCUT2D eigenvalue weighted by Gasteiger charge is 2.20. The fourth-order valence-corrected chi connectivity index (χ4v) is 1.54. The Balaban J connectivity index is 4.24. The van der Waals surface area contributed by atoms with Gasteiger partial charge in [-0.15, -0.1) is 0 Å². The van der Waals surface area contributed by atoms with Crippen molar-refractivity contribution in [2.75, 3.05) is 5.75 Å². The summed E-state index contributed by atoms with van der Waals surface area (Å²) >= 11 is 0. The highest BCUT2D eigenvalue weighted by molar-refractivity contribution is 7.85. The lowest BCUT2D eigenvalue weighted by atomic mass is 10.2. The quantitative estimate of drug-likeness (QED) is 0.553. The molecule has 1 N–H and O–H groups in total. The van der Waals surface area contributed by atoms with Gasteiger partial charge < -0.3 is 4.74 Å². The normalized spacial score (nSPS) is 14.1. The zero-order valence-corrected chi connectivity index (χ0v) is 9.37. The monoisotopic (exact) mass is 224 g/mol. The Labute approximate surface area is 84.2 Å². The summed E-state index contributed by atoms with van der Waals surface area (Å²) in [6.07, 6.45) is -0.405. The molecule has 5 nitrogen and oxygen atoms in total. The molecule has 14 heavy (non-hydrogen) atoms. The molecule has 0 spiro atoms. The number of esters is 1. The number of carbonyl (C=O) groups excluding carboxylic acids is 1. The molecule has 0 aromatic heterocycles. The van der Waals surface area contributed by atoms with Gasteiger partial charge in [-0.2, -0.15) is 8.42 Å². The molecular formula is C8H16O5S. The average molecular weight is 224 g/mol. The summed E-state index contributed by atoms with van der Waals surface area (Å²) in [6.45, 7) is 4.99. The highest BCUT2D eigenvalue weighted by Crippen LogP contribution is 2.06. The van der Waals surface area contributed by atoms with Gasteiger partial charge in [0.05, 0.1) is 5.92 Å². The third-order valence-corrected chi connectivity index (χ3v) is 2.40. The summed E-state index contributed by atoms with van der Waals surface area (Å²) in [4.78, 5) is 11.1. The molecule has 0 aromatic carbocycles. The van der Waals surface area contributed by atoms with Gasteiger partial charge in [0.1, 0.15) is 11.9 Å². The first-order valence-electron chi connectivity index (χ1n) is 4.42. The minimum Gasteiger partial charge on any atom is -0.461 e. The summed E-state index contributed by atoms with van der Waals surface area (Å²) in [6, 6.07) is 0. The minimum absolute atomic E-state index is 0.301. The number of hydrogen-bond acceptors (Lipinski definition) is 4. The van der Waals surface area contributed by atoms with Gasteiger partial charge >= 0.3 is 5.97 Å². The van der Waals surface area contributed by atoms with Crippen molar-refractivity contribution in [2.45, 2.75) is 33.3 Å². The lowest BCUT2D eigenvalue weighted by Crippen LogP contribution is -2.27. The van der Waals surface area contributed by atoms with Crippen LogP contribution in [0.15, 0.2) is 0 Å². The van der Waals surface area contributed by atoms with E-state index in [-0.39, 0.29) is 5.92 Å². The van der Waals surface area contributed by atoms with Crippen LogP contribution in [0.4, 0.5) is 0 Å². The minimum atomic E-state index is -4.08. The van der Waals surface area contributed by atoms with Crippen molar-refractivity contribution in [1.82, 2.24) is 0 Å². The van der Waals surface area contributed by atoms with Gasteiger partial charge in [0, 0.05) is 0 Å². The number of ether oxygens (including phenoxy) is 1. The molecule has 1 unspecified atom stereocenters. The molecular weight excluding hydrogens is 208 g/mol. The average Bonchev–Trinajstić information content (AvgIpc) is 2.00. The van der Waals surface area contributed by atoms with E-state index in [9.17, 15) is 13.2 Å². The third-order valence-electron chi connectivity index (χ3n) is 1.61. The van der Waals surface area contributed by atoms with Crippen molar-refractivity contribution in [3.05, 3.63) is 0 Å². The molecule has 0 aromatic rings. The molecule has 0 amide bonds. The first-order chi connectivity index (χ1) is 6.26. The first-order valence-corrected chi connectivity index (χ1v) is 6.02.